The van der Waals surface area contributed by atoms with Crippen molar-refractivity contribution in [3.05, 3.63) is 68.4 Å². The lowest BCUT2D eigenvalue weighted by Crippen LogP contribution is -2.43. The molecule has 29 heavy (non-hydrogen) atoms. The van der Waals surface area contributed by atoms with E-state index in [-0.39, 0.29) is 12.1 Å². The predicted molar refractivity (Wildman–Crippen MR) is 116 cm³/mol. The third-order valence-electron chi connectivity index (χ3n) is 5.54. The van der Waals surface area contributed by atoms with Gasteiger partial charge in [0.15, 0.2) is 0 Å². The number of halogens is 4. The Bertz CT molecular complexity index is 1030. The van der Waals surface area contributed by atoms with Crippen molar-refractivity contribution in [1.29, 1.82) is 0 Å². The Kier molecular flexibility index (Phi) is 5.65. The number of nitrogens with zero attached hydrogens (tertiary/aromatic N) is 1. The van der Waals surface area contributed by atoms with Gasteiger partial charge in [-0.25, -0.2) is 13.2 Å². The quantitative estimate of drug-likeness (QED) is 0.476. The molecule has 1 aliphatic heterocycles. The summed E-state index contributed by atoms with van der Waals surface area (Å²) < 4.78 is 45.3. The van der Waals surface area contributed by atoms with Gasteiger partial charge in [-0.3, -0.25) is 4.90 Å². The van der Waals surface area contributed by atoms with E-state index in [9.17, 15) is 9.50 Å². The van der Waals surface area contributed by atoms with Crippen molar-refractivity contribution in [2.45, 2.75) is 31.5 Å². The largest absolute Gasteiger partial charge is 0.393 e. The maximum absolute atomic E-state index is 15.0. The van der Waals surface area contributed by atoms with Gasteiger partial charge in [-0.05, 0) is 72.7 Å². The minimum absolute atomic E-state index is 0.0890. The fourth-order valence-corrected chi connectivity index (χ4v) is 4.83. The second kappa shape index (κ2) is 7.92. The van der Waals surface area contributed by atoms with Gasteiger partial charge in [-0.1, -0.05) is 18.2 Å². The average Bonchev–Trinajstić information content (AvgIpc) is 2.93. The molecule has 7 heteroatoms. The molecule has 0 saturated heterocycles. The number of hydrogen-bond donors (Lipinski definition) is 2. The lowest BCUT2D eigenvalue weighted by atomic mass is 9.96. The number of aromatic nitrogens is 1. The molecule has 2 N–H and O–H groups in total. The molecule has 1 aromatic heterocycles. The summed E-state index contributed by atoms with van der Waals surface area (Å²) in [4.78, 5) is 5.09. The highest BCUT2D eigenvalue weighted by Gasteiger charge is 2.37. The first kappa shape index (κ1) is 20.7. The van der Waals surface area contributed by atoms with Crippen molar-refractivity contribution in [1.82, 2.24) is 9.88 Å². The van der Waals surface area contributed by atoms with Crippen LogP contribution in [0.15, 0.2) is 36.4 Å². The van der Waals surface area contributed by atoms with E-state index in [2.05, 4.69) is 4.98 Å². The van der Waals surface area contributed by atoms with E-state index in [1.165, 1.54) is 19.1 Å². The van der Waals surface area contributed by atoms with E-state index in [1.807, 2.05) is 46.9 Å². The standard InChI is InChI=1S/C22H22F3IN2O/c1-22(25,12-29)11-28-8-4-6-15-14-5-2-3-7-18(14)27-20(15)21(28)19-16(23)9-13(26)10-17(19)24/h2-3,5,7,9-10,21,27,29H,4,6,8,11-12H2,1H3. The van der Waals surface area contributed by atoms with Crippen LogP contribution in [0.2, 0.25) is 0 Å². The van der Waals surface area contributed by atoms with Gasteiger partial charge in [0.25, 0.3) is 0 Å². The highest BCUT2D eigenvalue weighted by Crippen LogP contribution is 2.40. The monoisotopic (exact) mass is 514 g/mol. The summed E-state index contributed by atoms with van der Waals surface area (Å²) in [5, 5.41) is 10.5. The fraction of sp³-hybridized carbons (Fsp3) is 0.364. The van der Waals surface area contributed by atoms with E-state index >= 15 is 8.78 Å². The van der Waals surface area contributed by atoms with Crippen molar-refractivity contribution in [3.63, 3.8) is 0 Å². The second-order valence-electron chi connectivity index (χ2n) is 7.89. The van der Waals surface area contributed by atoms with Crippen LogP contribution in [0.5, 0.6) is 0 Å². The molecule has 3 nitrogen and oxygen atoms in total. The van der Waals surface area contributed by atoms with Gasteiger partial charge < -0.3 is 10.1 Å². The van der Waals surface area contributed by atoms with Gasteiger partial charge in [0.05, 0.1) is 12.6 Å². The number of fused-ring (bicyclic) bond motifs is 3. The molecule has 4 rings (SSSR count). The Morgan fingerprint density at radius 2 is 1.93 bits per heavy atom. The molecule has 2 unspecified atom stereocenters. The van der Waals surface area contributed by atoms with Crippen LogP contribution in [0.1, 0.15) is 36.2 Å². The van der Waals surface area contributed by atoms with E-state index < -0.39 is 30.0 Å². The summed E-state index contributed by atoms with van der Waals surface area (Å²) in [5.74, 6) is -1.30. The van der Waals surface area contributed by atoms with Gasteiger partial charge in [0.1, 0.15) is 17.3 Å². The molecule has 2 atom stereocenters. The van der Waals surface area contributed by atoms with Crippen LogP contribution < -0.4 is 0 Å². The van der Waals surface area contributed by atoms with Gasteiger partial charge >= 0.3 is 0 Å². The first-order valence-electron chi connectivity index (χ1n) is 9.58. The zero-order valence-electron chi connectivity index (χ0n) is 16.0. The maximum atomic E-state index is 15.0. The van der Waals surface area contributed by atoms with Crippen molar-refractivity contribution < 1.29 is 18.3 Å². The number of H-pyrrole nitrogens is 1. The lowest BCUT2D eigenvalue weighted by Gasteiger charge is -2.34. The minimum Gasteiger partial charge on any atom is -0.393 e. The number of nitrogens with one attached hydrogen (secondary N) is 1. The number of aliphatic hydroxyl groups excluding tert-OH is 1. The number of rotatable bonds is 4. The second-order valence-corrected chi connectivity index (χ2v) is 9.14. The van der Waals surface area contributed by atoms with Crippen molar-refractivity contribution in [2.75, 3.05) is 19.7 Å². The summed E-state index contributed by atoms with van der Waals surface area (Å²) >= 11 is 1.88. The first-order chi connectivity index (χ1) is 13.8. The highest BCUT2D eigenvalue weighted by molar-refractivity contribution is 14.1. The van der Waals surface area contributed by atoms with E-state index in [0.717, 1.165) is 29.3 Å². The Morgan fingerprint density at radius 3 is 2.62 bits per heavy atom. The van der Waals surface area contributed by atoms with Gasteiger partial charge in [-0.15, -0.1) is 0 Å². The van der Waals surface area contributed by atoms with Crippen LogP contribution in [0.4, 0.5) is 13.2 Å². The Labute approximate surface area is 181 Å². The Hall–Kier alpha value is -1.58. The molecule has 2 aromatic carbocycles. The van der Waals surface area contributed by atoms with Crippen LogP contribution in [0.25, 0.3) is 10.9 Å². The number of para-hydroxylation sites is 1. The molecule has 0 radical (unpaired) electrons. The number of benzene rings is 2. The van der Waals surface area contributed by atoms with Crippen LogP contribution in [0, 0.1) is 15.2 Å². The van der Waals surface area contributed by atoms with E-state index in [1.54, 1.807) is 4.90 Å². The van der Waals surface area contributed by atoms with Crippen molar-refractivity contribution in [3.8, 4) is 0 Å². The van der Waals surface area contributed by atoms with E-state index in [0.29, 0.717) is 15.8 Å². The molecule has 2 heterocycles. The molecule has 0 saturated carbocycles. The molecule has 1 aliphatic rings. The smallest absolute Gasteiger partial charge is 0.143 e. The van der Waals surface area contributed by atoms with Gasteiger partial charge in [-0.2, -0.15) is 0 Å². The summed E-state index contributed by atoms with van der Waals surface area (Å²) in [7, 11) is 0. The topological polar surface area (TPSA) is 39.3 Å². The lowest BCUT2D eigenvalue weighted by molar-refractivity contribution is 0.0367. The normalized spacial score (nSPS) is 19.7. The fourth-order valence-electron chi connectivity index (χ4n) is 4.28. The van der Waals surface area contributed by atoms with Crippen LogP contribution in [-0.4, -0.2) is 40.4 Å². The Morgan fingerprint density at radius 1 is 1.24 bits per heavy atom. The molecular formula is C22H22F3IN2O. The molecule has 3 aromatic rings. The van der Waals surface area contributed by atoms with Crippen LogP contribution in [0.3, 0.4) is 0 Å². The van der Waals surface area contributed by atoms with Crippen LogP contribution >= 0.6 is 22.6 Å². The first-order valence-corrected chi connectivity index (χ1v) is 10.7. The molecule has 0 spiro atoms. The summed E-state index contributed by atoms with van der Waals surface area (Å²) in [6.07, 6.45) is 1.45. The number of alkyl halides is 1. The average molecular weight is 514 g/mol. The number of aliphatic hydroxyl groups is 1. The Balaban J connectivity index is 1.94. The predicted octanol–water partition coefficient (Wildman–Crippen LogP) is 5.11. The summed E-state index contributed by atoms with van der Waals surface area (Å²) in [6, 6.07) is 9.55. The van der Waals surface area contributed by atoms with Gasteiger partial charge in [0.2, 0.25) is 0 Å². The SMILES string of the molecule is CC(F)(CO)CN1CCCc2c([nH]c3ccccc23)C1c1c(F)cc(I)cc1F. The number of hydrogen-bond acceptors (Lipinski definition) is 2. The van der Waals surface area contributed by atoms with Crippen molar-refractivity contribution >= 4 is 33.5 Å². The summed E-state index contributed by atoms with van der Waals surface area (Å²) in [6.45, 7) is 0.981. The number of aryl methyl sites for hydroxylation is 1. The molecule has 0 amide bonds. The van der Waals surface area contributed by atoms with Gasteiger partial charge in [0, 0.05) is 32.3 Å². The third-order valence-corrected chi connectivity index (χ3v) is 6.16. The zero-order valence-corrected chi connectivity index (χ0v) is 18.1. The zero-order chi connectivity index (χ0) is 20.8. The molecular weight excluding hydrogens is 492 g/mol. The molecule has 0 aliphatic carbocycles. The number of aromatic amines is 1. The minimum atomic E-state index is -1.88. The molecule has 154 valence electrons. The van der Waals surface area contributed by atoms with Crippen molar-refractivity contribution in [2.24, 2.45) is 0 Å². The summed E-state index contributed by atoms with van der Waals surface area (Å²) in [5.41, 5.74) is 0.617. The maximum Gasteiger partial charge on any atom is 0.143 e. The molecule has 0 fully saturated rings. The molecule has 0 bridgehead atoms. The van der Waals surface area contributed by atoms with E-state index in [4.69, 9.17) is 0 Å². The van der Waals surface area contributed by atoms with Crippen LogP contribution in [-0.2, 0) is 6.42 Å². The third kappa shape index (κ3) is 3.92. The highest BCUT2D eigenvalue weighted by atomic mass is 127.